The van der Waals surface area contributed by atoms with Crippen LogP contribution in [0.2, 0.25) is 0 Å². The average Bonchev–Trinajstić information content (AvgIpc) is 2.57. The monoisotopic (exact) mass is 386 g/mol. The molecule has 0 bridgehead atoms. The molecule has 3 aromatic rings. The maximum absolute atomic E-state index is 13.6. The molecule has 1 aromatic heterocycles. The van der Waals surface area contributed by atoms with Gasteiger partial charge >= 0.3 is 0 Å². The van der Waals surface area contributed by atoms with Crippen LogP contribution in [0, 0.1) is 5.82 Å². The van der Waals surface area contributed by atoms with Gasteiger partial charge in [-0.1, -0.05) is 34.1 Å². The first kappa shape index (κ1) is 16.1. The SMILES string of the molecule is O=C(Nc1cccc(Br)c1)c1cnc(Nc2ccccc2F)nc1. The van der Waals surface area contributed by atoms with Gasteiger partial charge in [-0.25, -0.2) is 14.4 Å². The molecular formula is C17H12BrFN4O. The molecule has 3 rings (SSSR count). The van der Waals surface area contributed by atoms with Crippen molar-refractivity contribution in [3.8, 4) is 0 Å². The topological polar surface area (TPSA) is 66.9 Å². The Labute approximate surface area is 146 Å². The molecule has 1 amide bonds. The van der Waals surface area contributed by atoms with Gasteiger partial charge in [0.25, 0.3) is 5.91 Å². The first-order valence-electron chi connectivity index (χ1n) is 7.02. The second-order valence-electron chi connectivity index (χ2n) is 4.86. The van der Waals surface area contributed by atoms with Crippen LogP contribution in [-0.4, -0.2) is 15.9 Å². The van der Waals surface area contributed by atoms with E-state index >= 15 is 0 Å². The summed E-state index contributed by atoms with van der Waals surface area (Å²) < 4.78 is 14.4. The van der Waals surface area contributed by atoms with Gasteiger partial charge in [-0.05, 0) is 30.3 Å². The van der Waals surface area contributed by atoms with E-state index in [-0.39, 0.29) is 17.5 Å². The van der Waals surface area contributed by atoms with Crippen molar-refractivity contribution >= 4 is 39.2 Å². The number of carbonyl (C=O) groups excluding carboxylic acids is 1. The predicted octanol–water partition coefficient (Wildman–Crippen LogP) is 4.37. The van der Waals surface area contributed by atoms with E-state index in [9.17, 15) is 9.18 Å². The van der Waals surface area contributed by atoms with Gasteiger partial charge in [-0.15, -0.1) is 0 Å². The van der Waals surface area contributed by atoms with E-state index < -0.39 is 5.82 Å². The largest absolute Gasteiger partial charge is 0.322 e. The summed E-state index contributed by atoms with van der Waals surface area (Å²) in [4.78, 5) is 20.2. The molecule has 0 fully saturated rings. The van der Waals surface area contributed by atoms with Crippen molar-refractivity contribution in [2.45, 2.75) is 0 Å². The van der Waals surface area contributed by atoms with E-state index in [4.69, 9.17) is 0 Å². The lowest BCUT2D eigenvalue weighted by molar-refractivity contribution is 0.102. The zero-order valence-corrected chi connectivity index (χ0v) is 13.9. The van der Waals surface area contributed by atoms with Crippen LogP contribution in [0.3, 0.4) is 0 Å². The van der Waals surface area contributed by atoms with Crippen molar-refractivity contribution in [1.29, 1.82) is 0 Å². The van der Waals surface area contributed by atoms with Gasteiger partial charge in [0.05, 0.1) is 11.3 Å². The molecule has 120 valence electrons. The lowest BCUT2D eigenvalue weighted by Crippen LogP contribution is -2.13. The van der Waals surface area contributed by atoms with Crippen LogP contribution in [0.15, 0.2) is 65.4 Å². The number of hydrogen-bond acceptors (Lipinski definition) is 4. The lowest BCUT2D eigenvalue weighted by atomic mass is 10.3. The second-order valence-corrected chi connectivity index (χ2v) is 5.78. The maximum Gasteiger partial charge on any atom is 0.258 e. The molecule has 5 nitrogen and oxygen atoms in total. The van der Waals surface area contributed by atoms with Crippen molar-refractivity contribution in [2.75, 3.05) is 10.6 Å². The third-order valence-corrected chi connectivity index (χ3v) is 3.61. The van der Waals surface area contributed by atoms with Crippen LogP contribution < -0.4 is 10.6 Å². The Kier molecular flexibility index (Phi) is 4.81. The van der Waals surface area contributed by atoms with E-state index in [0.717, 1.165) is 4.47 Å². The van der Waals surface area contributed by atoms with Gasteiger partial charge in [0.15, 0.2) is 0 Å². The Hall–Kier alpha value is -2.80. The molecule has 0 atom stereocenters. The minimum atomic E-state index is -0.405. The Morgan fingerprint density at radius 3 is 2.50 bits per heavy atom. The van der Waals surface area contributed by atoms with Gasteiger partial charge in [-0.2, -0.15) is 0 Å². The van der Waals surface area contributed by atoms with Crippen molar-refractivity contribution < 1.29 is 9.18 Å². The zero-order valence-electron chi connectivity index (χ0n) is 12.3. The Morgan fingerprint density at radius 2 is 1.79 bits per heavy atom. The molecule has 0 spiro atoms. The molecule has 0 unspecified atom stereocenters. The van der Waals surface area contributed by atoms with E-state index in [1.165, 1.54) is 18.5 Å². The first-order valence-corrected chi connectivity index (χ1v) is 7.81. The van der Waals surface area contributed by atoms with E-state index in [1.54, 1.807) is 30.3 Å². The smallest absolute Gasteiger partial charge is 0.258 e. The normalized spacial score (nSPS) is 10.2. The Morgan fingerprint density at radius 1 is 1.04 bits per heavy atom. The van der Waals surface area contributed by atoms with Crippen molar-refractivity contribution in [1.82, 2.24) is 9.97 Å². The molecule has 2 N–H and O–H groups in total. The summed E-state index contributed by atoms with van der Waals surface area (Å²) in [6.07, 6.45) is 2.76. The summed E-state index contributed by atoms with van der Waals surface area (Å²) in [6, 6.07) is 13.4. The highest BCUT2D eigenvalue weighted by atomic mass is 79.9. The highest BCUT2D eigenvalue weighted by molar-refractivity contribution is 9.10. The number of anilines is 3. The number of para-hydroxylation sites is 1. The summed E-state index contributed by atoms with van der Waals surface area (Å²) in [5.74, 6) is -0.526. The summed E-state index contributed by atoms with van der Waals surface area (Å²) in [7, 11) is 0. The van der Waals surface area contributed by atoms with Crippen molar-refractivity contribution in [2.24, 2.45) is 0 Å². The summed E-state index contributed by atoms with van der Waals surface area (Å²) in [5.41, 5.74) is 1.22. The molecular weight excluding hydrogens is 375 g/mol. The number of carbonyl (C=O) groups is 1. The number of hydrogen-bond donors (Lipinski definition) is 2. The summed E-state index contributed by atoms with van der Waals surface area (Å²) in [5, 5.41) is 5.51. The number of amides is 1. The van der Waals surface area contributed by atoms with Crippen LogP contribution in [0.5, 0.6) is 0 Å². The third-order valence-electron chi connectivity index (χ3n) is 3.12. The van der Waals surface area contributed by atoms with Crippen LogP contribution in [0.1, 0.15) is 10.4 Å². The molecule has 0 aliphatic carbocycles. The van der Waals surface area contributed by atoms with Gasteiger partial charge in [-0.3, -0.25) is 4.79 Å². The minimum Gasteiger partial charge on any atom is -0.322 e. The standard InChI is InChI=1S/C17H12BrFN4O/c18-12-4-3-5-13(8-12)22-16(24)11-9-20-17(21-10-11)23-15-7-2-1-6-14(15)19/h1-10H,(H,22,24)(H,20,21,23). The molecule has 7 heteroatoms. The molecule has 1 heterocycles. The third kappa shape index (κ3) is 3.94. The fourth-order valence-electron chi connectivity index (χ4n) is 1.96. The molecule has 0 radical (unpaired) electrons. The van der Waals surface area contributed by atoms with E-state index in [1.807, 2.05) is 12.1 Å². The highest BCUT2D eigenvalue weighted by Crippen LogP contribution is 2.18. The van der Waals surface area contributed by atoms with Gasteiger partial charge in [0.1, 0.15) is 5.82 Å². The molecule has 0 saturated heterocycles. The summed E-state index contributed by atoms with van der Waals surface area (Å²) >= 11 is 3.34. The maximum atomic E-state index is 13.6. The van der Waals surface area contributed by atoms with Crippen LogP contribution in [-0.2, 0) is 0 Å². The first-order chi connectivity index (χ1) is 11.6. The minimum absolute atomic E-state index is 0.208. The molecule has 0 aliphatic heterocycles. The van der Waals surface area contributed by atoms with Crippen LogP contribution in [0.25, 0.3) is 0 Å². The predicted molar refractivity (Wildman–Crippen MR) is 93.8 cm³/mol. The second kappa shape index (κ2) is 7.18. The van der Waals surface area contributed by atoms with Gasteiger partial charge in [0.2, 0.25) is 5.95 Å². The molecule has 0 aliphatic rings. The number of nitrogens with one attached hydrogen (secondary N) is 2. The average molecular weight is 387 g/mol. The zero-order chi connectivity index (χ0) is 16.9. The molecule has 2 aromatic carbocycles. The van der Waals surface area contributed by atoms with Crippen molar-refractivity contribution in [3.05, 3.63) is 76.8 Å². The molecule has 0 saturated carbocycles. The van der Waals surface area contributed by atoms with Crippen LogP contribution >= 0.6 is 15.9 Å². The Balaban J connectivity index is 1.70. The number of nitrogens with zero attached hydrogens (tertiary/aromatic N) is 2. The van der Waals surface area contributed by atoms with Crippen LogP contribution in [0.4, 0.5) is 21.7 Å². The number of benzene rings is 2. The highest BCUT2D eigenvalue weighted by Gasteiger charge is 2.09. The Bertz CT molecular complexity index is 870. The fraction of sp³-hybridized carbons (Fsp3) is 0. The van der Waals surface area contributed by atoms with Crippen molar-refractivity contribution in [3.63, 3.8) is 0 Å². The van der Waals surface area contributed by atoms with E-state index in [2.05, 4.69) is 36.5 Å². The number of halogens is 2. The van der Waals surface area contributed by atoms with Gasteiger partial charge in [0, 0.05) is 22.6 Å². The summed E-state index contributed by atoms with van der Waals surface area (Å²) in [6.45, 7) is 0. The number of rotatable bonds is 4. The quantitative estimate of drug-likeness (QED) is 0.698. The number of aromatic nitrogens is 2. The van der Waals surface area contributed by atoms with E-state index in [0.29, 0.717) is 11.3 Å². The molecule has 24 heavy (non-hydrogen) atoms. The lowest BCUT2D eigenvalue weighted by Gasteiger charge is -2.07. The van der Waals surface area contributed by atoms with Gasteiger partial charge < -0.3 is 10.6 Å². The fourth-order valence-corrected chi connectivity index (χ4v) is 2.36.